The Morgan fingerprint density at radius 2 is 2.24 bits per heavy atom. The molecule has 0 spiro atoms. The summed E-state index contributed by atoms with van der Waals surface area (Å²) >= 11 is 2.03. The van der Waals surface area contributed by atoms with Gasteiger partial charge in [-0.2, -0.15) is 0 Å². The normalized spacial score (nSPS) is 20.2. The molecule has 0 aliphatic carbocycles. The molecule has 17 heavy (non-hydrogen) atoms. The minimum atomic E-state index is 0.671. The number of nitrogens with one attached hydrogen (secondary N) is 1. The van der Waals surface area contributed by atoms with Crippen molar-refractivity contribution in [3.8, 4) is 0 Å². The summed E-state index contributed by atoms with van der Waals surface area (Å²) in [5.74, 6) is 2.08. The summed E-state index contributed by atoms with van der Waals surface area (Å²) in [6.45, 7) is 5.56. The maximum atomic E-state index is 3.48. The molecule has 2 heteroatoms. The van der Waals surface area contributed by atoms with Gasteiger partial charge in [0, 0.05) is 16.7 Å². The maximum absolute atomic E-state index is 3.48. The van der Waals surface area contributed by atoms with E-state index < -0.39 is 0 Å². The predicted octanol–water partition coefficient (Wildman–Crippen LogP) is 4.04. The molecule has 0 saturated heterocycles. The van der Waals surface area contributed by atoms with Crippen molar-refractivity contribution in [1.82, 2.24) is 5.32 Å². The highest BCUT2D eigenvalue weighted by molar-refractivity contribution is 7.99. The number of thioether (sulfide) groups is 1. The van der Waals surface area contributed by atoms with E-state index in [9.17, 15) is 0 Å². The predicted molar refractivity (Wildman–Crippen MR) is 76.9 cm³/mol. The summed E-state index contributed by atoms with van der Waals surface area (Å²) in [4.78, 5) is 1.51. The minimum Gasteiger partial charge on any atom is -0.315 e. The number of hydrogen-bond donors (Lipinski definition) is 1. The molecule has 2 rings (SSSR count). The molecule has 0 bridgehead atoms. The molecule has 0 aromatic heterocycles. The SMILES string of the molecule is CCNC(C)CCCC1CSc2ccccc21. The smallest absolute Gasteiger partial charge is 0.0107 e. The molecule has 0 saturated carbocycles. The number of benzene rings is 1. The zero-order valence-corrected chi connectivity index (χ0v) is 11.7. The molecule has 94 valence electrons. The third kappa shape index (κ3) is 3.49. The first kappa shape index (κ1) is 13.0. The number of rotatable bonds is 6. The summed E-state index contributed by atoms with van der Waals surface area (Å²) in [6, 6.07) is 9.58. The van der Waals surface area contributed by atoms with E-state index in [1.165, 1.54) is 29.9 Å². The highest BCUT2D eigenvalue weighted by Gasteiger charge is 2.21. The molecule has 1 aromatic rings. The fourth-order valence-electron chi connectivity index (χ4n) is 2.59. The fraction of sp³-hybridized carbons (Fsp3) is 0.600. The Hall–Kier alpha value is -0.470. The summed E-state index contributed by atoms with van der Waals surface area (Å²) < 4.78 is 0. The maximum Gasteiger partial charge on any atom is 0.0107 e. The average molecular weight is 249 g/mol. The highest BCUT2D eigenvalue weighted by Crippen LogP contribution is 2.41. The van der Waals surface area contributed by atoms with Crippen molar-refractivity contribution in [2.75, 3.05) is 12.3 Å². The lowest BCUT2D eigenvalue weighted by Gasteiger charge is -2.14. The second-order valence-electron chi connectivity index (χ2n) is 4.94. The largest absolute Gasteiger partial charge is 0.315 e. The van der Waals surface area contributed by atoms with Gasteiger partial charge in [-0.25, -0.2) is 0 Å². The van der Waals surface area contributed by atoms with Crippen molar-refractivity contribution in [3.05, 3.63) is 29.8 Å². The third-order valence-electron chi connectivity index (χ3n) is 3.54. The van der Waals surface area contributed by atoms with E-state index in [-0.39, 0.29) is 0 Å². The summed E-state index contributed by atoms with van der Waals surface area (Å²) in [6.07, 6.45) is 3.99. The summed E-state index contributed by atoms with van der Waals surface area (Å²) in [5.41, 5.74) is 1.59. The van der Waals surface area contributed by atoms with E-state index >= 15 is 0 Å². The monoisotopic (exact) mass is 249 g/mol. The van der Waals surface area contributed by atoms with Gasteiger partial charge in [-0.05, 0) is 43.9 Å². The van der Waals surface area contributed by atoms with Crippen molar-refractivity contribution >= 4 is 11.8 Å². The Morgan fingerprint density at radius 3 is 3.06 bits per heavy atom. The van der Waals surface area contributed by atoms with Crippen LogP contribution in [0, 0.1) is 0 Å². The molecule has 0 radical (unpaired) electrons. The second-order valence-corrected chi connectivity index (χ2v) is 6.00. The van der Waals surface area contributed by atoms with Gasteiger partial charge in [0.15, 0.2) is 0 Å². The van der Waals surface area contributed by atoms with Crippen LogP contribution in [-0.2, 0) is 0 Å². The van der Waals surface area contributed by atoms with Gasteiger partial charge in [0.2, 0.25) is 0 Å². The van der Waals surface area contributed by atoms with E-state index in [2.05, 4.69) is 43.4 Å². The molecule has 2 unspecified atom stereocenters. The molecule has 1 aliphatic rings. The lowest BCUT2D eigenvalue weighted by molar-refractivity contribution is 0.489. The van der Waals surface area contributed by atoms with Gasteiger partial charge in [0.25, 0.3) is 0 Å². The molecule has 1 N–H and O–H groups in total. The Bertz CT molecular complexity index is 351. The van der Waals surface area contributed by atoms with Crippen molar-refractivity contribution in [1.29, 1.82) is 0 Å². The average Bonchev–Trinajstić information content (AvgIpc) is 2.73. The first-order chi connectivity index (χ1) is 8.31. The van der Waals surface area contributed by atoms with E-state index in [1.807, 2.05) is 11.8 Å². The van der Waals surface area contributed by atoms with E-state index in [4.69, 9.17) is 0 Å². The highest BCUT2D eigenvalue weighted by atomic mass is 32.2. The van der Waals surface area contributed by atoms with Crippen LogP contribution < -0.4 is 5.32 Å². The van der Waals surface area contributed by atoms with Crippen LogP contribution in [0.2, 0.25) is 0 Å². The van der Waals surface area contributed by atoms with E-state index in [1.54, 1.807) is 5.56 Å². The first-order valence-corrected chi connectivity index (χ1v) is 7.75. The van der Waals surface area contributed by atoms with Gasteiger partial charge in [-0.15, -0.1) is 11.8 Å². The molecule has 1 heterocycles. The number of fused-ring (bicyclic) bond motifs is 1. The molecular formula is C15H23NS. The van der Waals surface area contributed by atoms with Crippen LogP contribution in [0.4, 0.5) is 0 Å². The van der Waals surface area contributed by atoms with Gasteiger partial charge in [0.05, 0.1) is 0 Å². The molecular weight excluding hydrogens is 226 g/mol. The summed E-state index contributed by atoms with van der Waals surface area (Å²) in [5, 5.41) is 3.48. The third-order valence-corrected chi connectivity index (χ3v) is 4.79. The lowest BCUT2D eigenvalue weighted by Crippen LogP contribution is -2.25. The standard InChI is InChI=1S/C15H23NS/c1-3-16-12(2)7-6-8-13-11-17-15-10-5-4-9-14(13)15/h4-5,9-10,12-13,16H,3,6-8,11H2,1-2H3. The topological polar surface area (TPSA) is 12.0 Å². The van der Waals surface area contributed by atoms with Crippen molar-refractivity contribution in [2.24, 2.45) is 0 Å². The molecule has 0 amide bonds. The molecule has 1 nitrogen and oxygen atoms in total. The van der Waals surface area contributed by atoms with Crippen LogP contribution in [0.15, 0.2) is 29.2 Å². The van der Waals surface area contributed by atoms with Crippen LogP contribution in [0.3, 0.4) is 0 Å². The zero-order chi connectivity index (χ0) is 12.1. The van der Waals surface area contributed by atoms with Crippen molar-refractivity contribution < 1.29 is 0 Å². The van der Waals surface area contributed by atoms with Gasteiger partial charge >= 0.3 is 0 Å². The minimum absolute atomic E-state index is 0.671. The molecule has 1 aromatic carbocycles. The van der Waals surface area contributed by atoms with Crippen LogP contribution in [0.1, 0.15) is 44.6 Å². The van der Waals surface area contributed by atoms with Gasteiger partial charge in [-0.1, -0.05) is 31.5 Å². The Morgan fingerprint density at radius 1 is 1.41 bits per heavy atom. The first-order valence-electron chi connectivity index (χ1n) is 6.76. The van der Waals surface area contributed by atoms with Crippen molar-refractivity contribution in [3.63, 3.8) is 0 Å². The van der Waals surface area contributed by atoms with Crippen LogP contribution >= 0.6 is 11.8 Å². The van der Waals surface area contributed by atoms with Gasteiger partial charge in [0.1, 0.15) is 0 Å². The van der Waals surface area contributed by atoms with Gasteiger partial charge in [-0.3, -0.25) is 0 Å². The van der Waals surface area contributed by atoms with Crippen LogP contribution in [-0.4, -0.2) is 18.3 Å². The lowest BCUT2D eigenvalue weighted by atomic mass is 9.94. The van der Waals surface area contributed by atoms with E-state index in [0.717, 1.165) is 12.5 Å². The van der Waals surface area contributed by atoms with Gasteiger partial charge < -0.3 is 5.32 Å². The number of hydrogen-bond acceptors (Lipinski definition) is 2. The Kier molecular flexibility index (Phi) is 4.93. The molecule has 0 fully saturated rings. The Labute approximate surface area is 109 Å². The zero-order valence-electron chi connectivity index (χ0n) is 10.9. The molecule has 2 atom stereocenters. The second kappa shape index (κ2) is 6.46. The Balaban J connectivity index is 1.78. The molecule has 1 aliphatic heterocycles. The quantitative estimate of drug-likeness (QED) is 0.816. The fourth-order valence-corrected chi connectivity index (χ4v) is 3.89. The van der Waals surface area contributed by atoms with Crippen LogP contribution in [0.25, 0.3) is 0 Å². The van der Waals surface area contributed by atoms with Crippen LogP contribution in [0.5, 0.6) is 0 Å². The van der Waals surface area contributed by atoms with E-state index in [0.29, 0.717) is 6.04 Å². The summed E-state index contributed by atoms with van der Waals surface area (Å²) in [7, 11) is 0. The van der Waals surface area contributed by atoms with Crippen molar-refractivity contribution in [2.45, 2.75) is 50.0 Å².